The van der Waals surface area contributed by atoms with Crippen LogP contribution in [0, 0.1) is 5.82 Å². The molecular formula is C20H13FN2O. The second-order valence-electron chi connectivity index (χ2n) is 5.37. The molecule has 0 bridgehead atoms. The van der Waals surface area contributed by atoms with Crippen LogP contribution in [0.25, 0.3) is 34.0 Å². The van der Waals surface area contributed by atoms with Crippen molar-refractivity contribution in [2.24, 2.45) is 0 Å². The van der Waals surface area contributed by atoms with Crippen molar-refractivity contribution in [3.8, 4) is 34.0 Å². The van der Waals surface area contributed by atoms with Crippen LogP contribution < -0.4 is 0 Å². The fourth-order valence-electron chi connectivity index (χ4n) is 2.49. The van der Waals surface area contributed by atoms with Crippen LogP contribution in [0.4, 0.5) is 4.39 Å². The third kappa shape index (κ3) is 2.82. The van der Waals surface area contributed by atoms with Crippen molar-refractivity contribution in [3.05, 3.63) is 84.7 Å². The summed E-state index contributed by atoms with van der Waals surface area (Å²) in [5.41, 5.74) is 3.84. The molecule has 0 saturated carbocycles. The molecule has 4 aromatic rings. The van der Waals surface area contributed by atoms with Crippen molar-refractivity contribution in [3.63, 3.8) is 0 Å². The molecule has 1 heterocycles. The van der Waals surface area contributed by atoms with E-state index in [0.29, 0.717) is 17.3 Å². The van der Waals surface area contributed by atoms with E-state index in [-0.39, 0.29) is 5.82 Å². The molecule has 0 aliphatic carbocycles. The highest BCUT2D eigenvalue weighted by Crippen LogP contribution is 2.25. The van der Waals surface area contributed by atoms with Gasteiger partial charge in [0.25, 0.3) is 5.89 Å². The van der Waals surface area contributed by atoms with Crippen molar-refractivity contribution in [2.75, 3.05) is 0 Å². The predicted molar refractivity (Wildman–Crippen MR) is 90.6 cm³/mol. The molecule has 116 valence electrons. The maximum absolute atomic E-state index is 13.0. The highest BCUT2D eigenvalue weighted by Gasteiger charge is 2.10. The average molecular weight is 316 g/mol. The molecule has 24 heavy (non-hydrogen) atoms. The second-order valence-corrected chi connectivity index (χ2v) is 5.37. The summed E-state index contributed by atoms with van der Waals surface area (Å²) in [7, 11) is 0. The lowest BCUT2D eigenvalue weighted by atomic mass is 10.0. The summed E-state index contributed by atoms with van der Waals surface area (Å²) < 4.78 is 18.3. The number of halogens is 1. The van der Waals surface area contributed by atoms with Crippen LogP contribution in [0.15, 0.2) is 83.4 Å². The van der Waals surface area contributed by atoms with Crippen LogP contribution in [-0.2, 0) is 0 Å². The van der Waals surface area contributed by atoms with E-state index in [1.165, 1.54) is 12.1 Å². The van der Waals surface area contributed by atoms with Gasteiger partial charge in [-0.3, -0.25) is 0 Å². The third-order valence-electron chi connectivity index (χ3n) is 3.77. The largest absolute Gasteiger partial charge is 0.334 e. The number of benzene rings is 3. The van der Waals surface area contributed by atoms with Crippen molar-refractivity contribution >= 4 is 0 Å². The number of hydrogen-bond donors (Lipinski definition) is 0. The Morgan fingerprint density at radius 3 is 1.92 bits per heavy atom. The Morgan fingerprint density at radius 2 is 1.21 bits per heavy atom. The van der Waals surface area contributed by atoms with Gasteiger partial charge in [0.15, 0.2) is 0 Å². The first-order chi connectivity index (χ1) is 11.8. The first-order valence-corrected chi connectivity index (χ1v) is 7.55. The molecule has 4 heteroatoms. The van der Waals surface area contributed by atoms with Gasteiger partial charge in [-0.25, -0.2) is 4.39 Å². The van der Waals surface area contributed by atoms with Gasteiger partial charge in [0.1, 0.15) is 5.82 Å². The molecule has 1 aromatic heterocycles. The average Bonchev–Trinajstić information content (AvgIpc) is 3.13. The minimum atomic E-state index is -0.293. The maximum Gasteiger partial charge on any atom is 0.258 e. The zero-order chi connectivity index (χ0) is 16.4. The van der Waals surface area contributed by atoms with Crippen LogP contribution in [0.2, 0.25) is 0 Å². The summed E-state index contributed by atoms with van der Waals surface area (Å²) in [4.78, 5) is 4.38. The van der Waals surface area contributed by atoms with Crippen LogP contribution >= 0.6 is 0 Å². The summed E-state index contributed by atoms with van der Waals surface area (Å²) in [5.74, 6) is 0.588. The molecular weight excluding hydrogens is 303 g/mol. The van der Waals surface area contributed by atoms with Gasteiger partial charge in [-0.2, -0.15) is 4.98 Å². The molecule has 0 radical (unpaired) electrons. The van der Waals surface area contributed by atoms with Crippen molar-refractivity contribution in [1.82, 2.24) is 10.1 Å². The zero-order valence-electron chi connectivity index (χ0n) is 12.7. The van der Waals surface area contributed by atoms with Crippen LogP contribution in [0.1, 0.15) is 0 Å². The van der Waals surface area contributed by atoms with Crippen molar-refractivity contribution in [2.45, 2.75) is 0 Å². The Morgan fingerprint density at radius 1 is 0.625 bits per heavy atom. The SMILES string of the molecule is Fc1ccc(-c2noc(-c3ccc(-c4ccccc4)cc3)n2)cc1. The lowest BCUT2D eigenvalue weighted by molar-refractivity contribution is 0.432. The highest BCUT2D eigenvalue weighted by molar-refractivity contribution is 5.67. The molecule has 0 aliphatic rings. The lowest BCUT2D eigenvalue weighted by Crippen LogP contribution is -1.82. The van der Waals surface area contributed by atoms with E-state index in [1.807, 2.05) is 42.5 Å². The Kier molecular flexibility index (Phi) is 3.63. The number of nitrogens with zero attached hydrogens (tertiary/aromatic N) is 2. The third-order valence-corrected chi connectivity index (χ3v) is 3.77. The standard InChI is InChI=1S/C20H13FN2O/c21-18-12-10-16(11-13-18)19-22-20(24-23-19)17-8-6-15(7-9-17)14-4-2-1-3-5-14/h1-13H. The number of hydrogen-bond acceptors (Lipinski definition) is 3. The highest BCUT2D eigenvalue weighted by atomic mass is 19.1. The Bertz CT molecular complexity index is 945. The quantitative estimate of drug-likeness (QED) is 0.521. The molecule has 3 nitrogen and oxygen atoms in total. The minimum Gasteiger partial charge on any atom is -0.334 e. The molecule has 0 spiro atoms. The fourth-order valence-corrected chi connectivity index (χ4v) is 2.49. The van der Waals surface area contributed by atoms with Gasteiger partial charge in [0, 0.05) is 11.1 Å². The Labute approximate surface area is 138 Å². The van der Waals surface area contributed by atoms with E-state index < -0.39 is 0 Å². The maximum atomic E-state index is 13.0. The molecule has 0 N–H and O–H groups in total. The van der Waals surface area contributed by atoms with E-state index in [0.717, 1.165) is 16.7 Å². The van der Waals surface area contributed by atoms with Crippen LogP contribution in [0.5, 0.6) is 0 Å². The van der Waals surface area contributed by atoms with E-state index in [9.17, 15) is 4.39 Å². The van der Waals surface area contributed by atoms with Gasteiger partial charge in [0.2, 0.25) is 5.82 Å². The summed E-state index contributed by atoms with van der Waals surface area (Å²) in [5, 5.41) is 3.96. The van der Waals surface area contributed by atoms with Gasteiger partial charge < -0.3 is 4.52 Å². The molecule has 0 amide bonds. The molecule has 0 fully saturated rings. The number of aromatic nitrogens is 2. The molecule has 0 saturated heterocycles. The minimum absolute atomic E-state index is 0.293. The van der Waals surface area contributed by atoms with Crippen molar-refractivity contribution < 1.29 is 8.91 Å². The van der Waals surface area contributed by atoms with E-state index in [2.05, 4.69) is 22.3 Å². The Balaban J connectivity index is 1.62. The molecule has 3 aromatic carbocycles. The topological polar surface area (TPSA) is 38.9 Å². The van der Waals surface area contributed by atoms with E-state index in [4.69, 9.17) is 4.52 Å². The van der Waals surface area contributed by atoms with Gasteiger partial charge in [-0.15, -0.1) is 0 Å². The predicted octanol–water partition coefficient (Wildman–Crippen LogP) is 5.21. The summed E-state index contributed by atoms with van der Waals surface area (Å²) in [6.45, 7) is 0. The number of rotatable bonds is 3. The van der Waals surface area contributed by atoms with Crippen molar-refractivity contribution in [1.29, 1.82) is 0 Å². The Hall–Kier alpha value is -3.27. The first-order valence-electron chi connectivity index (χ1n) is 7.55. The summed E-state index contributed by atoms with van der Waals surface area (Å²) in [6.07, 6.45) is 0. The van der Waals surface area contributed by atoms with Gasteiger partial charge >= 0.3 is 0 Å². The van der Waals surface area contributed by atoms with E-state index >= 15 is 0 Å². The lowest BCUT2D eigenvalue weighted by Gasteiger charge is -2.01. The summed E-state index contributed by atoms with van der Waals surface area (Å²) in [6, 6.07) is 24.1. The normalized spacial score (nSPS) is 10.7. The molecule has 0 atom stereocenters. The fraction of sp³-hybridized carbons (Fsp3) is 0. The first kappa shape index (κ1) is 14.3. The molecule has 0 aliphatic heterocycles. The monoisotopic (exact) mass is 316 g/mol. The van der Waals surface area contributed by atoms with Gasteiger partial charge in [0.05, 0.1) is 0 Å². The van der Waals surface area contributed by atoms with Crippen LogP contribution in [-0.4, -0.2) is 10.1 Å². The summed E-state index contributed by atoms with van der Waals surface area (Å²) >= 11 is 0. The second kappa shape index (κ2) is 6.08. The van der Waals surface area contributed by atoms with Crippen LogP contribution in [0.3, 0.4) is 0 Å². The van der Waals surface area contributed by atoms with E-state index in [1.54, 1.807) is 12.1 Å². The molecule has 4 rings (SSSR count). The zero-order valence-corrected chi connectivity index (χ0v) is 12.7. The van der Waals surface area contributed by atoms with Gasteiger partial charge in [-0.05, 0) is 47.5 Å². The smallest absolute Gasteiger partial charge is 0.258 e. The van der Waals surface area contributed by atoms with Gasteiger partial charge in [-0.1, -0.05) is 47.6 Å². The molecule has 0 unspecified atom stereocenters.